The summed E-state index contributed by atoms with van der Waals surface area (Å²) >= 11 is 0. The highest BCUT2D eigenvalue weighted by Gasteiger charge is 2.04. The third kappa shape index (κ3) is 2.82. The molecule has 0 unspecified atom stereocenters. The molecule has 0 bridgehead atoms. The van der Waals surface area contributed by atoms with Crippen molar-refractivity contribution in [1.82, 2.24) is 0 Å². The second-order valence-corrected chi connectivity index (χ2v) is 1.62. The summed E-state index contributed by atoms with van der Waals surface area (Å²) in [6.07, 6.45) is -0.140. The average molecular weight is 140 g/mol. The fourth-order valence-corrected chi connectivity index (χ4v) is 0.388. The van der Waals surface area contributed by atoms with Gasteiger partial charge in [-0.05, 0) is 6.92 Å². The fourth-order valence-electron chi connectivity index (χ4n) is 0.388. The van der Waals surface area contributed by atoms with Crippen LogP contribution < -0.4 is 0 Å². The summed E-state index contributed by atoms with van der Waals surface area (Å²) in [5, 5.41) is 11.4. The normalized spacial score (nSPS) is 10.3. The van der Waals surface area contributed by atoms with Gasteiger partial charge < -0.3 is 4.84 Å². The number of oxime groups is 1. The second-order valence-electron chi connectivity index (χ2n) is 1.62. The van der Waals surface area contributed by atoms with Crippen LogP contribution in [0.3, 0.4) is 0 Å². The smallest absolute Gasteiger partial charge is 0.194 e. The number of Topliss-reactive ketones (excluding diaryl/α,β-unsaturated/α-hetero) is 1. The topological polar surface area (TPSA) is 62.4 Å². The molecule has 0 aromatic heterocycles. The third-order valence-corrected chi connectivity index (χ3v) is 0.871. The van der Waals surface area contributed by atoms with Crippen molar-refractivity contribution in [3.63, 3.8) is 0 Å². The zero-order valence-corrected chi connectivity index (χ0v) is 5.92. The molecule has 0 aliphatic heterocycles. The monoisotopic (exact) mass is 140 g/mol. The van der Waals surface area contributed by atoms with Gasteiger partial charge in [0.05, 0.1) is 12.5 Å². The van der Waals surface area contributed by atoms with Gasteiger partial charge in [-0.15, -0.1) is 0 Å². The maximum Gasteiger partial charge on any atom is 0.194 e. The van der Waals surface area contributed by atoms with Gasteiger partial charge >= 0.3 is 0 Å². The number of carbonyl (C=O) groups excluding carboxylic acids is 1. The van der Waals surface area contributed by atoms with Crippen molar-refractivity contribution < 1.29 is 9.63 Å². The van der Waals surface area contributed by atoms with E-state index in [9.17, 15) is 4.79 Å². The summed E-state index contributed by atoms with van der Waals surface area (Å²) < 4.78 is 0. The molecule has 0 rings (SSSR count). The lowest BCUT2D eigenvalue weighted by Gasteiger charge is -1.91. The first-order valence-corrected chi connectivity index (χ1v) is 2.70. The third-order valence-electron chi connectivity index (χ3n) is 0.871. The Balaban J connectivity index is 3.97. The molecule has 0 heterocycles. The van der Waals surface area contributed by atoms with Crippen LogP contribution in [0.4, 0.5) is 0 Å². The first-order valence-electron chi connectivity index (χ1n) is 2.70. The zero-order valence-electron chi connectivity index (χ0n) is 5.92. The molecule has 0 aromatic rings. The van der Waals surface area contributed by atoms with Crippen LogP contribution >= 0.6 is 0 Å². The summed E-state index contributed by atoms with van der Waals surface area (Å²) in [6.45, 7) is 1.50. The zero-order chi connectivity index (χ0) is 7.98. The Bertz CT molecular complexity index is 190. The van der Waals surface area contributed by atoms with Gasteiger partial charge in [0.2, 0.25) is 0 Å². The van der Waals surface area contributed by atoms with Crippen LogP contribution in [-0.4, -0.2) is 18.6 Å². The van der Waals surface area contributed by atoms with Crippen molar-refractivity contribution in [2.24, 2.45) is 5.16 Å². The molecule has 4 heteroatoms. The van der Waals surface area contributed by atoms with Crippen molar-refractivity contribution in [3.8, 4) is 6.07 Å². The van der Waals surface area contributed by atoms with Crippen molar-refractivity contribution >= 4 is 11.5 Å². The molecule has 0 aromatic carbocycles. The molecule has 10 heavy (non-hydrogen) atoms. The number of hydrogen-bond acceptors (Lipinski definition) is 4. The van der Waals surface area contributed by atoms with Gasteiger partial charge in [0, 0.05) is 0 Å². The number of nitriles is 1. The molecule has 0 amide bonds. The van der Waals surface area contributed by atoms with E-state index in [-0.39, 0.29) is 17.9 Å². The molecule has 0 saturated heterocycles. The van der Waals surface area contributed by atoms with E-state index < -0.39 is 0 Å². The van der Waals surface area contributed by atoms with E-state index in [4.69, 9.17) is 5.26 Å². The van der Waals surface area contributed by atoms with Gasteiger partial charge in [0.1, 0.15) is 12.8 Å². The largest absolute Gasteiger partial charge is 0.399 e. The molecule has 0 atom stereocenters. The SMILES string of the molecule is CO/N=C(\C)C(=O)CC#N. The van der Waals surface area contributed by atoms with Gasteiger partial charge in [-0.25, -0.2) is 0 Å². The molecular formula is C6H8N2O2. The molecule has 0 spiro atoms. The molecule has 0 aliphatic carbocycles. The molecule has 54 valence electrons. The maximum absolute atomic E-state index is 10.7. The summed E-state index contributed by atoms with van der Waals surface area (Å²) in [5.41, 5.74) is 0.226. The van der Waals surface area contributed by atoms with Gasteiger partial charge in [0.25, 0.3) is 0 Å². The molecular weight excluding hydrogens is 132 g/mol. The lowest BCUT2D eigenvalue weighted by atomic mass is 10.2. The van der Waals surface area contributed by atoms with Crippen LogP contribution in [-0.2, 0) is 9.63 Å². The lowest BCUT2D eigenvalue weighted by molar-refractivity contribution is -0.112. The van der Waals surface area contributed by atoms with Crippen LogP contribution in [0.1, 0.15) is 13.3 Å². The van der Waals surface area contributed by atoms with E-state index in [1.165, 1.54) is 14.0 Å². The van der Waals surface area contributed by atoms with E-state index in [0.29, 0.717) is 0 Å². The number of rotatable bonds is 3. The summed E-state index contributed by atoms with van der Waals surface area (Å²) in [6, 6.07) is 1.72. The van der Waals surface area contributed by atoms with Gasteiger partial charge in [-0.2, -0.15) is 5.26 Å². The van der Waals surface area contributed by atoms with Gasteiger partial charge in [0.15, 0.2) is 5.78 Å². The quantitative estimate of drug-likeness (QED) is 0.423. The predicted octanol–water partition coefficient (Wildman–Crippen LogP) is 0.491. The maximum atomic E-state index is 10.7. The van der Waals surface area contributed by atoms with Crippen molar-refractivity contribution in [2.75, 3.05) is 7.11 Å². The Hall–Kier alpha value is -1.37. The van der Waals surface area contributed by atoms with Crippen LogP contribution in [0.15, 0.2) is 5.16 Å². The summed E-state index contributed by atoms with van der Waals surface area (Å²) in [7, 11) is 1.35. The molecule has 4 nitrogen and oxygen atoms in total. The van der Waals surface area contributed by atoms with E-state index >= 15 is 0 Å². The highest BCUT2D eigenvalue weighted by Crippen LogP contribution is 1.86. The first kappa shape index (κ1) is 8.63. The Morgan fingerprint density at radius 1 is 1.80 bits per heavy atom. The van der Waals surface area contributed by atoms with Crippen LogP contribution in [0.5, 0.6) is 0 Å². The average Bonchev–Trinajstić information content (AvgIpc) is 1.89. The molecule has 0 fully saturated rings. The molecule has 0 aliphatic rings. The number of carbonyl (C=O) groups is 1. The van der Waals surface area contributed by atoms with Crippen molar-refractivity contribution in [3.05, 3.63) is 0 Å². The second kappa shape index (κ2) is 4.50. The van der Waals surface area contributed by atoms with E-state index in [1.807, 2.05) is 0 Å². The first-order chi connectivity index (χ1) is 4.72. The van der Waals surface area contributed by atoms with E-state index in [2.05, 4.69) is 9.99 Å². The van der Waals surface area contributed by atoms with Gasteiger partial charge in [-0.3, -0.25) is 4.79 Å². The number of nitrogens with zero attached hydrogens (tertiary/aromatic N) is 2. The lowest BCUT2D eigenvalue weighted by Crippen LogP contribution is -2.08. The minimum atomic E-state index is -0.302. The van der Waals surface area contributed by atoms with Crippen LogP contribution in [0.25, 0.3) is 0 Å². The van der Waals surface area contributed by atoms with E-state index in [1.54, 1.807) is 6.07 Å². The van der Waals surface area contributed by atoms with Crippen molar-refractivity contribution in [1.29, 1.82) is 5.26 Å². The van der Waals surface area contributed by atoms with Crippen LogP contribution in [0, 0.1) is 11.3 Å². The number of hydrogen-bond donors (Lipinski definition) is 0. The Kier molecular flexibility index (Phi) is 3.89. The standard InChI is InChI=1S/C6H8N2O2/c1-5(8-10-2)6(9)3-4-7/h3H2,1-2H3/b8-5+. The summed E-state index contributed by atoms with van der Waals surface area (Å²) in [4.78, 5) is 15.0. The number of ketones is 1. The van der Waals surface area contributed by atoms with Crippen LogP contribution in [0.2, 0.25) is 0 Å². The minimum absolute atomic E-state index is 0.140. The molecule has 0 N–H and O–H groups in total. The summed E-state index contributed by atoms with van der Waals surface area (Å²) in [5.74, 6) is -0.302. The highest BCUT2D eigenvalue weighted by molar-refractivity contribution is 6.39. The molecule has 0 saturated carbocycles. The fraction of sp³-hybridized carbons (Fsp3) is 0.500. The van der Waals surface area contributed by atoms with Crippen molar-refractivity contribution in [2.45, 2.75) is 13.3 Å². The Labute approximate surface area is 59.1 Å². The van der Waals surface area contributed by atoms with E-state index in [0.717, 1.165) is 0 Å². The molecule has 0 radical (unpaired) electrons. The highest BCUT2D eigenvalue weighted by atomic mass is 16.6. The minimum Gasteiger partial charge on any atom is -0.399 e. The Morgan fingerprint density at radius 3 is 2.80 bits per heavy atom. The Morgan fingerprint density at radius 2 is 2.40 bits per heavy atom. The predicted molar refractivity (Wildman–Crippen MR) is 35.4 cm³/mol. The van der Waals surface area contributed by atoms with Gasteiger partial charge in [-0.1, -0.05) is 5.16 Å².